The maximum absolute atomic E-state index is 12.6. The number of esters is 1. The lowest BCUT2D eigenvalue weighted by Gasteiger charge is -2.05. The average molecular weight is 373 g/mol. The van der Waals surface area contributed by atoms with Crippen LogP contribution in [0.4, 0.5) is 0 Å². The summed E-state index contributed by atoms with van der Waals surface area (Å²) in [6, 6.07) is 14.6. The number of carbonyl (C=O) groups is 1. The standard InChI is InChI=1S/C21H15N3O4/c1-13-18(16(11-22)20(28-13)24-8-4-5-9-24)21(26)27-12-15-10-14-6-2-3-7-17(14)23-19(15)25/h2-10H,12H2,1H3,(H,23,25). The lowest BCUT2D eigenvalue weighted by Crippen LogP contribution is -2.16. The van der Waals surface area contributed by atoms with Crippen LogP contribution in [0.5, 0.6) is 0 Å². The van der Waals surface area contributed by atoms with Gasteiger partial charge in [0.1, 0.15) is 29.6 Å². The molecule has 0 aliphatic rings. The number of ether oxygens (including phenoxy) is 1. The summed E-state index contributed by atoms with van der Waals surface area (Å²) < 4.78 is 12.5. The Bertz CT molecular complexity index is 1270. The van der Waals surface area contributed by atoms with Crippen molar-refractivity contribution in [3.8, 4) is 12.0 Å². The number of rotatable bonds is 4. The minimum atomic E-state index is -0.719. The predicted molar refractivity (Wildman–Crippen MR) is 101 cm³/mol. The second-order valence-corrected chi connectivity index (χ2v) is 6.20. The van der Waals surface area contributed by atoms with Gasteiger partial charge in [-0.1, -0.05) is 18.2 Å². The van der Waals surface area contributed by atoms with E-state index in [2.05, 4.69) is 4.98 Å². The first-order valence-corrected chi connectivity index (χ1v) is 8.53. The second kappa shape index (κ2) is 6.93. The summed E-state index contributed by atoms with van der Waals surface area (Å²) in [5, 5.41) is 10.4. The number of hydrogen-bond acceptors (Lipinski definition) is 5. The van der Waals surface area contributed by atoms with Gasteiger partial charge in [0.25, 0.3) is 5.56 Å². The molecule has 138 valence electrons. The number of nitrogens with zero attached hydrogens (tertiary/aromatic N) is 2. The monoisotopic (exact) mass is 373 g/mol. The van der Waals surface area contributed by atoms with Crippen LogP contribution >= 0.6 is 0 Å². The van der Waals surface area contributed by atoms with Crippen LogP contribution in [0, 0.1) is 18.3 Å². The molecule has 3 aromatic heterocycles. The molecule has 0 atom stereocenters. The highest BCUT2D eigenvalue weighted by molar-refractivity contribution is 5.94. The lowest BCUT2D eigenvalue weighted by molar-refractivity contribution is 0.0469. The highest BCUT2D eigenvalue weighted by atomic mass is 16.5. The number of hydrogen-bond donors (Lipinski definition) is 1. The van der Waals surface area contributed by atoms with E-state index in [1.54, 1.807) is 48.1 Å². The predicted octanol–water partition coefficient (Wildman–Crippen LogP) is 3.45. The number of pyridine rings is 1. The van der Waals surface area contributed by atoms with Crippen molar-refractivity contribution in [3.63, 3.8) is 0 Å². The van der Waals surface area contributed by atoms with Gasteiger partial charge in [0, 0.05) is 17.9 Å². The number of para-hydroxylation sites is 1. The van der Waals surface area contributed by atoms with Gasteiger partial charge in [-0.25, -0.2) is 4.79 Å². The Balaban J connectivity index is 1.62. The van der Waals surface area contributed by atoms with Crippen molar-refractivity contribution >= 4 is 16.9 Å². The van der Waals surface area contributed by atoms with E-state index in [1.807, 2.05) is 24.3 Å². The number of furan rings is 1. The van der Waals surface area contributed by atoms with Gasteiger partial charge < -0.3 is 14.1 Å². The minimum absolute atomic E-state index is 0.0587. The molecule has 0 aliphatic heterocycles. The van der Waals surface area contributed by atoms with Gasteiger partial charge in [-0.05, 0) is 36.6 Å². The zero-order valence-electron chi connectivity index (χ0n) is 14.9. The summed E-state index contributed by atoms with van der Waals surface area (Å²) in [5.41, 5.74) is 0.840. The van der Waals surface area contributed by atoms with Crippen LogP contribution in [0.2, 0.25) is 0 Å². The highest BCUT2D eigenvalue weighted by Crippen LogP contribution is 2.26. The van der Waals surface area contributed by atoms with E-state index in [0.717, 1.165) is 5.39 Å². The molecule has 0 bridgehead atoms. The smallest absolute Gasteiger partial charge is 0.343 e. The first-order chi connectivity index (χ1) is 13.6. The normalized spacial score (nSPS) is 10.7. The Morgan fingerprint density at radius 2 is 2.00 bits per heavy atom. The van der Waals surface area contributed by atoms with Gasteiger partial charge in [-0.3, -0.25) is 9.36 Å². The average Bonchev–Trinajstić information content (AvgIpc) is 3.33. The van der Waals surface area contributed by atoms with Crippen LogP contribution in [-0.2, 0) is 11.3 Å². The molecular formula is C21H15N3O4. The fourth-order valence-electron chi connectivity index (χ4n) is 3.05. The second-order valence-electron chi connectivity index (χ2n) is 6.20. The maximum atomic E-state index is 12.6. The van der Waals surface area contributed by atoms with Gasteiger partial charge >= 0.3 is 5.97 Å². The fraction of sp³-hybridized carbons (Fsp3) is 0.0952. The SMILES string of the molecule is Cc1oc(-n2cccc2)c(C#N)c1C(=O)OCc1cc2ccccc2[nH]c1=O. The summed E-state index contributed by atoms with van der Waals surface area (Å²) in [6.07, 6.45) is 3.42. The molecule has 0 fully saturated rings. The van der Waals surface area contributed by atoms with E-state index in [9.17, 15) is 14.9 Å². The molecule has 0 aliphatic carbocycles. The third kappa shape index (κ3) is 2.97. The molecule has 4 rings (SSSR count). The molecule has 7 nitrogen and oxygen atoms in total. The van der Waals surface area contributed by atoms with Crippen LogP contribution < -0.4 is 5.56 Å². The molecule has 0 radical (unpaired) electrons. The number of aromatic nitrogens is 2. The Kier molecular flexibility index (Phi) is 4.30. The Morgan fingerprint density at radius 1 is 1.25 bits per heavy atom. The molecule has 0 unspecified atom stereocenters. The third-order valence-corrected chi connectivity index (χ3v) is 4.41. The molecule has 7 heteroatoms. The molecule has 3 heterocycles. The van der Waals surface area contributed by atoms with Crippen molar-refractivity contribution in [2.45, 2.75) is 13.5 Å². The summed E-state index contributed by atoms with van der Waals surface area (Å²) in [4.78, 5) is 27.6. The van der Waals surface area contributed by atoms with Gasteiger partial charge in [0.2, 0.25) is 5.88 Å². The number of H-pyrrole nitrogens is 1. The Morgan fingerprint density at radius 3 is 2.75 bits per heavy atom. The van der Waals surface area contributed by atoms with Crippen LogP contribution in [-0.4, -0.2) is 15.5 Å². The van der Waals surface area contributed by atoms with E-state index >= 15 is 0 Å². The Hall–Kier alpha value is -4.05. The number of fused-ring (bicyclic) bond motifs is 1. The summed E-state index contributed by atoms with van der Waals surface area (Å²) in [7, 11) is 0. The van der Waals surface area contributed by atoms with E-state index in [0.29, 0.717) is 11.1 Å². The molecule has 28 heavy (non-hydrogen) atoms. The van der Waals surface area contributed by atoms with Crippen LogP contribution in [0.15, 0.2) is 64.1 Å². The largest absolute Gasteiger partial charge is 0.457 e. The van der Waals surface area contributed by atoms with Crippen LogP contribution in [0.3, 0.4) is 0 Å². The van der Waals surface area contributed by atoms with Crippen molar-refractivity contribution in [3.05, 3.63) is 87.7 Å². The number of benzene rings is 1. The van der Waals surface area contributed by atoms with Crippen LogP contribution in [0.25, 0.3) is 16.8 Å². The lowest BCUT2D eigenvalue weighted by atomic mass is 10.1. The molecule has 1 aromatic carbocycles. The fourth-order valence-corrected chi connectivity index (χ4v) is 3.05. The molecule has 4 aromatic rings. The molecule has 1 N–H and O–H groups in total. The maximum Gasteiger partial charge on any atom is 0.343 e. The van der Waals surface area contributed by atoms with E-state index in [-0.39, 0.29) is 34.9 Å². The number of carbonyl (C=O) groups excluding carboxylic acids is 1. The zero-order chi connectivity index (χ0) is 19.7. The van der Waals surface area contributed by atoms with E-state index in [1.165, 1.54) is 0 Å². The number of nitriles is 1. The highest BCUT2D eigenvalue weighted by Gasteiger charge is 2.26. The van der Waals surface area contributed by atoms with E-state index in [4.69, 9.17) is 9.15 Å². The van der Waals surface area contributed by atoms with Crippen LogP contribution in [0.1, 0.15) is 27.2 Å². The quantitative estimate of drug-likeness (QED) is 0.552. The number of aryl methyl sites for hydroxylation is 1. The van der Waals surface area contributed by atoms with Gasteiger partial charge in [0.05, 0.1) is 5.56 Å². The zero-order valence-corrected chi connectivity index (χ0v) is 14.9. The molecule has 0 saturated carbocycles. The number of nitrogens with one attached hydrogen (secondary N) is 1. The first-order valence-electron chi connectivity index (χ1n) is 8.53. The molecule has 0 spiro atoms. The Labute approximate surface area is 159 Å². The van der Waals surface area contributed by atoms with Crippen molar-refractivity contribution in [2.75, 3.05) is 0 Å². The van der Waals surface area contributed by atoms with Crippen molar-refractivity contribution in [1.29, 1.82) is 5.26 Å². The summed E-state index contributed by atoms with van der Waals surface area (Å²) >= 11 is 0. The van der Waals surface area contributed by atoms with Crippen molar-refractivity contribution < 1.29 is 13.9 Å². The summed E-state index contributed by atoms with van der Waals surface area (Å²) in [5.74, 6) is -0.193. The van der Waals surface area contributed by atoms with Gasteiger partial charge in [-0.2, -0.15) is 5.26 Å². The molecule has 0 amide bonds. The van der Waals surface area contributed by atoms with Crippen molar-refractivity contribution in [2.24, 2.45) is 0 Å². The summed E-state index contributed by atoms with van der Waals surface area (Å²) in [6.45, 7) is 1.38. The molecular weight excluding hydrogens is 358 g/mol. The van der Waals surface area contributed by atoms with E-state index < -0.39 is 5.97 Å². The van der Waals surface area contributed by atoms with Gasteiger partial charge in [0.15, 0.2) is 0 Å². The molecule has 0 saturated heterocycles. The van der Waals surface area contributed by atoms with Gasteiger partial charge in [-0.15, -0.1) is 0 Å². The van der Waals surface area contributed by atoms with Crippen molar-refractivity contribution in [1.82, 2.24) is 9.55 Å². The minimum Gasteiger partial charge on any atom is -0.457 e. The number of aromatic amines is 1. The first kappa shape index (κ1) is 17.4. The topological polar surface area (TPSA) is 101 Å². The third-order valence-electron chi connectivity index (χ3n) is 4.41.